The number of halogens is 1. The minimum Gasteiger partial charge on any atom is -0.512 e. The van der Waals surface area contributed by atoms with Crippen molar-refractivity contribution in [3.8, 4) is 6.07 Å². The zero-order chi connectivity index (χ0) is 16.1. The number of nitrogen functional groups attached to an aromatic ring is 1. The molecular weight excluding hydrogens is 295 g/mol. The van der Waals surface area contributed by atoms with Gasteiger partial charge in [0, 0.05) is 0 Å². The van der Waals surface area contributed by atoms with E-state index in [4.69, 9.17) is 15.6 Å². The Morgan fingerprint density at radius 2 is 2.32 bits per heavy atom. The summed E-state index contributed by atoms with van der Waals surface area (Å²) in [5.74, 6) is -0.435. The number of fused-ring (bicyclic) bond motifs is 1. The minimum atomic E-state index is -2.56. The normalized spacial score (nSPS) is 33.0. The first-order chi connectivity index (χ1) is 10.4. The van der Waals surface area contributed by atoms with E-state index >= 15 is 4.39 Å². The van der Waals surface area contributed by atoms with Gasteiger partial charge in [0.05, 0.1) is 6.20 Å². The van der Waals surface area contributed by atoms with Gasteiger partial charge in [0.1, 0.15) is 24.4 Å². The van der Waals surface area contributed by atoms with E-state index in [0.29, 0.717) is 6.26 Å². The fraction of sp³-hybridized carbons (Fsp3) is 0.333. The Morgan fingerprint density at radius 3 is 2.91 bits per heavy atom. The lowest BCUT2D eigenvalue weighted by Gasteiger charge is -2.29. The molecule has 1 saturated heterocycles. The fourth-order valence-electron chi connectivity index (χ4n) is 2.46. The van der Waals surface area contributed by atoms with E-state index in [1.54, 1.807) is 6.07 Å². The topological polar surface area (TPSA) is 143 Å². The van der Waals surface area contributed by atoms with Crippen LogP contribution in [0.5, 0.6) is 0 Å². The summed E-state index contributed by atoms with van der Waals surface area (Å²) >= 11 is 0. The molecule has 3 atom stereocenters. The number of imidazole rings is 1. The molecule has 4 N–H and O–H groups in total. The molecule has 0 aromatic carbocycles. The van der Waals surface area contributed by atoms with Gasteiger partial charge >= 0.3 is 0 Å². The Balaban J connectivity index is 2.32. The van der Waals surface area contributed by atoms with Crippen LogP contribution in [-0.2, 0) is 10.3 Å². The van der Waals surface area contributed by atoms with E-state index in [1.807, 2.05) is 0 Å². The summed E-state index contributed by atoms with van der Waals surface area (Å²) in [6, 6.07) is 1.71. The van der Waals surface area contributed by atoms with Gasteiger partial charge in [-0.2, -0.15) is 10.4 Å². The number of nitrogens with two attached hydrogens (primary N) is 1. The largest absolute Gasteiger partial charge is 0.512 e. The van der Waals surface area contributed by atoms with Gasteiger partial charge in [0.25, 0.3) is 5.60 Å². The van der Waals surface area contributed by atoms with Crippen LogP contribution in [0, 0.1) is 11.3 Å². The molecule has 9 nitrogen and oxygen atoms in total. The van der Waals surface area contributed by atoms with Crippen molar-refractivity contribution in [3.63, 3.8) is 0 Å². The number of ether oxygens (including phenoxy) is 1. The first-order valence-corrected chi connectivity index (χ1v) is 6.15. The standard InChI is InChI=1S/C12H11FN6O3/c1-11(13)8(21)6(3-20)22-12(11,4-14)7-2-16-10-9(15)17-5-18-19(7)10/h2-3,5,8,20-21H,1H3,(H2,15,17,18)/b6-3+/t8-,11-,12+/m1/s1. The van der Waals surface area contributed by atoms with E-state index in [9.17, 15) is 10.4 Å². The maximum absolute atomic E-state index is 15.1. The second-order valence-corrected chi connectivity index (χ2v) is 4.93. The third-order valence-electron chi connectivity index (χ3n) is 3.72. The number of aromatic nitrogens is 4. The van der Waals surface area contributed by atoms with Crippen LogP contribution in [-0.4, -0.2) is 41.6 Å². The molecule has 10 heteroatoms. The Kier molecular flexibility index (Phi) is 2.73. The van der Waals surface area contributed by atoms with Crippen molar-refractivity contribution in [2.45, 2.75) is 24.3 Å². The summed E-state index contributed by atoms with van der Waals surface area (Å²) in [7, 11) is 0. The highest BCUT2D eigenvalue weighted by Crippen LogP contribution is 2.50. The molecule has 1 aliphatic heterocycles. The van der Waals surface area contributed by atoms with Gasteiger partial charge < -0.3 is 20.7 Å². The van der Waals surface area contributed by atoms with Crippen LogP contribution >= 0.6 is 0 Å². The Morgan fingerprint density at radius 1 is 1.59 bits per heavy atom. The molecule has 0 aliphatic carbocycles. The summed E-state index contributed by atoms with van der Waals surface area (Å²) in [5.41, 5.74) is 0.852. The van der Waals surface area contributed by atoms with Gasteiger partial charge in [0.2, 0.25) is 0 Å². The number of alkyl halides is 1. The molecule has 3 heterocycles. The molecular formula is C12H11FN6O3. The second-order valence-electron chi connectivity index (χ2n) is 4.93. The number of aliphatic hydroxyl groups is 2. The maximum atomic E-state index is 15.1. The molecule has 22 heavy (non-hydrogen) atoms. The highest BCUT2D eigenvalue weighted by molar-refractivity contribution is 5.59. The molecule has 0 amide bonds. The number of aliphatic hydroxyl groups excluding tert-OH is 2. The van der Waals surface area contributed by atoms with Crippen molar-refractivity contribution in [1.82, 2.24) is 19.6 Å². The number of nitriles is 1. The minimum absolute atomic E-state index is 0.0337. The zero-order valence-electron chi connectivity index (χ0n) is 11.3. The average Bonchev–Trinajstić information content (AvgIpc) is 3.01. The van der Waals surface area contributed by atoms with Crippen molar-refractivity contribution in [2.75, 3.05) is 5.73 Å². The lowest BCUT2D eigenvalue weighted by atomic mass is 9.82. The summed E-state index contributed by atoms with van der Waals surface area (Å²) in [6.45, 7) is 0.987. The van der Waals surface area contributed by atoms with Gasteiger partial charge in [-0.1, -0.05) is 0 Å². The van der Waals surface area contributed by atoms with Crippen LogP contribution in [0.1, 0.15) is 12.6 Å². The van der Waals surface area contributed by atoms with Crippen molar-refractivity contribution >= 4 is 11.5 Å². The highest BCUT2D eigenvalue weighted by Gasteiger charge is 2.67. The molecule has 2 aromatic heterocycles. The van der Waals surface area contributed by atoms with Gasteiger partial charge in [0.15, 0.2) is 29.0 Å². The number of rotatable bonds is 1. The van der Waals surface area contributed by atoms with E-state index in [-0.39, 0.29) is 17.2 Å². The van der Waals surface area contributed by atoms with E-state index < -0.39 is 23.1 Å². The van der Waals surface area contributed by atoms with Crippen molar-refractivity contribution in [2.24, 2.45) is 0 Å². The van der Waals surface area contributed by atoms with Crippen molar-refractivity contribution < 1.29 is 19.3 Å². The number of hydrogen-bond donors (Lipinski definition) is 3. The van der Waals surface area contributed by atoms with Gasteiger partial charge in [-0.15, -0.1) is 0 Å². The van der Waals surface area contributed by atoms with Crippen LogP contribution in [0.25, 0.3) is 5.65 Å². The molecule has 2 aromatic rings. The van der Waals surface area contributed by atoms with Gasteiger partial charge in [-0.05, 0) is 6.92 Å². The summed E-state index contributed by atoms with van der Waals surface area (Å²) in [6.07, 6.45) is 0.854. The second kappa shape index (κ2) is 4.28. The zero-order valence-corrected chi connectivity index (χ0v) is 11.3. The van der Waals surface area contributed by atoms with Crippen molar-refractivity contribution in [1.29, 1.82) is 5.26 Å². The Labute approximate surface area is 123 Å². The van der Waals surface area contributed by atoms with Gasteiger partial charge in [-0.3, -0.25) is 0 Å². The van der Waals surface area contributed by atoms with E-state index in [0.717, 1.165) is 24.0 Å². The Bertz CT molecular complexity index is 826. The molecule has 3 rings (SSSR count). The van der Waals surface area contributed by atoms with Gasteiger partial charge in [-0.25, -0.2) is 18.9 Å². The molecule has 0 saturated carbocycles. The van der Waals surface area contributed by atoms with Crippen LogP contribution in [0.3, 0.4) is 0 Å². The third-order valence-corrected chi connectivity index (χ3v) is 3.72. The predicted octanol–water partition coefficient (Wildman–Crippen LogP) is -0.0559. The first-order valence-electron chi connectivity index (χ1n) is 6.15. The van der Waals surface area contributed by atoms with Crippen molar-refractivity contribution in [3.05, 3.63) is 30.2 Å². The number of anilines is 1. The predicted molar refractivity (Wildman–Crippen MR) is 69.8 cm³/mol. The number of nitrogens with zero attached hydrogens (tertiary/aromatic N) is 5. The third kappa shape index (κ3) is 1.45. The molecule has 0 unspecified atom stereocenters. The van der Waals surface area contributed by atoms with Crippen LogP contribution < -0.4 is 5.73 Å². The van der Waals surface area contributed by atoms with E-state index in [1.165, 1.54) is 0 Å². The van der Waals surface area contributed by atoms with Crippen LogP contribution in [0.2, 0.25) is 0 Å². The average molecular weight is 306 g/mol. The monoisotopic (exact) mass is 306 g/mol. The maximum Gasteiger partial charge on any atom is 0.273 e. The molecule has 0 bridgehead atoms. The summed E-state index contributed by atoms with van der Waals surface area (Å²) in [5, 5.41) is 32.4. The first kappa shape index (κ1) is 14.0. The lowest BCUT2D eigenvalue weighted by molar-refractivity contribution is -0.0452. The molecule has 0 radical (unpaired) electrons. The smallest absolute Gasteiger partial charge is 0.273 e. The molecule has 1 aliphatic rings. The highest BCUT2D eigenvalue weighted by atomic mass is 19.1. The molecule has 1 fully saturated rings. The van der Waals surface area contributed by atoms with E-state index in [2.05, 4.69) is 15.1 Å². The summed E-state index contributed by atoms with van der Waals surface area (Å²) in [4.78, 5) is 7.69. The SMILES string of the molecule is C[C@@]1(F)[C@H](O)/C(=C\O)O[C@@]1(C#N)c1cnc2c(N)ncnn12. The molecule has 0 spiro atoms. The Hall–Kier alpha value is -2.93. The lowest BCUT2D eigenvalue weighted by Crippen LogP contribution is -2.48. The van der Waals surface area contributed by atoms with Crippen LogP contribution in [0.4, 0.5) is 10.2 Å². The quantitative estimate of drug-likeness (QED) is 0.622. The summed E-state index contributed by atoms with van der Waals surface area (Å²) < 4.78 is 21.4. The fourth-order valence-corrected chi connectivity index (χ4v) is 2.46. The van der Waals surface area contributed by atoms with Crippen LogP contribution in [0.15, 0.2) is 24.5 Å². The number of hydrogen-bond acceptors (Lipinski definition) is 8. The molecule has 114 valence electrons.